The van der Waals surface area contributed by atoms with Gasteiger partial charge in [0.1, 0.15) is 5.82 Å². The summed E-state index contributed by atoms with van der Waals surface area (Å²) in [5.74, 6) is 0.409. The normalized spacial score (nSPS) is 16.0. The van der Waals surface area contributed by atoms with E-state index in [0.29, 0.717) is 18.9 Å². The van der Waals surface area contributed by atoms with Crippen molar-refractivity contribution in [1.29, 1.82) is 0 Å². The molecule has 1 saturated heterocycles. The smallest absolute Gasteiger partial charge is 0.315 e. The summed E-state index contributed by atoms with van der Waals surface area (Å²) in [6, 6.07) is 21.4. The van der Waals surface area contributed by atoms with Crippen LogP contribution in [-0.2, 0) is 41.0 Å². The molecule has 8 heteroatoms. The van der Waals surface area contributed by atoms with Gasteiger partial charge in [-0.25, -0.2) is 4.39 Å². The molecule has 2 heterocycles. The number of hydrogen-bond donors (Lipinski definition) is 0. The predicted octanol–water partition coefficient (Wildman–Crippen LogP) is 8.33. The number of Topliss-reactive ketones (excluding diaryl/α,β-unsaturated/α-hetero) is 1. The molecule has 46 heavy (non-hydrogen) atoms. The zero-order valence-corrected chi connectivity index (χ0v) is 29.1. The van der Waals surface area contributed by atoms with E-state index < -0.39 is 5.41 Å². The maximum atomic E-state index is 13.4. The molecule has 0 aromatic heterocycles. The molecular weight excluding hydrogens is 622 g/mol. The number of hydrogen-bond acceptors (Lipinski definition) is 5. The van der Waals surface area contributed by atoms with Crippen molar-refractivity contribution in [2.45, 2.75) is 84.3 Å². The van der Waals surface area contributed by atoms with Crippen LogP contribution < -0.4 is 0 Å². The van der Waals surface area contributed by atoms with E-state index in [0.717, 1.165) is 88.1 Å². The minimum Gasteiger partial charge on any atom is -0.465 e. The third kappa shape index (κ3) is 9.87. The summed E-state index contributed by atoms with van der Waals surface area (Å²) in [6.45, 7) is 11.6. The first-order valence-electron chi connectivity index (χ1n) is 16.3. The van der Waals surface area contributed by atoms with E-state index in [-0.39, 0.29) is 42.4 Å². The van der Waals surface area contributed by atoms with Crippen LogP contribution in [0.1, 0.15) is 91.1 Å². The van der Waals surface area contributed by atoms with Crippen molar-refractivity contribution in [2.75, 3.05) is 26.2 Å². The van der Waals surface area contributed by atoms with E-state index in [1.165, 1.54) is 28.8 Å². The number of halogens is 3. The van der Waals surface area contributed by atoms with Gasteiger partial charge in [0.2, 0.25) is 0 Å². The molecule has 5 nitrogen and oxygen atoms in total. The molecule has 2 aliphatic rings. The molecule has 0 bridgehead atoms. The summed E-state index contributed by atoms with van der Waals surface area (Å²) in [5.41, 5.74) is 6.05. The molecule has 5 rings (SSSR count). The fourth-order valence-corrected chi connectivity index (χ4v) is 6.65. The Hall–Kier alpha value is -2.77. The van der Waals surface area contributed by atoms with Gasteiger partial charge in [0, 0.05) is 31.6 Å². The van der Waals surface area contributed by atoms with Crippen LogP contribution >= 0.6 is 24.8 Å². The summed E-state index contributed by atoms with van der Waals surface area (Å²) in [4.78, 5) is 30.7. The molecule has 3 aromatic carbocycles. The second-order valence-corrected chi connectivity index (χ2v) is 13.2. The highest BCUT2D eigenvalue weighted by Gasteiger charge is 2.31. The molecular formula is C38H49Cl2FN2O3. The van der Waals surface area contributed by atoms with Crippen LogP contribution in [-0.4, -0.2) is 47.8 Å². The SMILES string of the molecule is CCOC(=O)C(C)(C)c1cccc(CN2CCC(CCC(=O)c3ccc4c(c3)CN(Cc3ccc(F)cc3)CCC4)CC2)c1.Cl.Cl. The third-order valence-corrected chi connectivity index (χ3v) is 9.49. The molecule has 2 aliphatic heterocycles. The monoisotopic (exact) mass is 670 g/mol. The van der Waals surface area contributed by atoms with E-state index in [9.17, 15) is 14.0 Å². The molecule has 0 amide bonds. The largest absolute Gasteiger partial charge is 0.465 e. The Bertz CT molecular complexity index is 1440. The van der Waals surface area contributed by atoms with Crippen molar-refractivity contribution in [3.8, 4) is 0 Å². The molecule has 0 unspecified atom stereocenters. The minimum atomic E-state index is -0.674. The summed E-state index contributed by atoms with van der Waals surface area (Å²) >= 11 is 0. The topological polar surface area (TPSA) is 49.9 Å². The third-order valence-electron chi connectivity index (χ3n) is 9.49. The van der Waals surface area contributed by atoms with Gasteiger partial charge < -0.3 is 4.74 Å². The Morgan fingerprint density at radius 2 is 1.59 bits per heavy atom. The number of carbonyl (C=O) groups excluding carboxylic acids is 2. The first-order valence-corrected chi connectivity index (χ1v) is 16.3. The van der Waals surface area contributed by atoms with E-state index in [1.807, 2.05) is 51.1 Å². The zero-order valence-electron chi connectivity index (χ0n) is 27.4. The van der Waals surface area contributed by atoms with Gasteiger partial charge in [-0.3, -0.25) is 19.4 Å². The second kappa shape index (κ2) is 17.4. The van der Waals surface area contributed by atoms with Crippen LogP contribution in [0.25, 0.3) is 0 Å². The van der Waals surface area contributed by atoms with E-state index >= 15 is 0 Å². The highest BCUT2D eigenvalue weighted by atomic mass is 35.5. The average Bonchev–Trinajstić information content (AvgIpc) is 3.23. The number of ketones is 1. The molecule has 0 radical (unpaired) electrons. The number of benzene rings is 3. The standard InChI is InChI=1S/C38H47FN2O3.2ClH/c1-4-44-37(43)38(2,3)34-9-5-7-30(23-34)26-40-21-18-28(19-22-40)12-17-36(42)32-14-13-31-8-6-20-41(27-33(31)24-32)25-29-10-15-35(39)16-11-29;;/h5,7,9-11,13-16,23-24,28H,4,6,8,12,17-22,25-27H2,1-3H3;2*1H. The Balaban J connectivity index is 0.00000288. The molecule has 0 N–H and O–H groups in total. The molecule has 0 atom stereocenters. The number of esters is 1. The number of piperidine rings is 1. The summed E-state index contributed by atoms with van der Waals surface area (Å²) < 4.78 is 18.7. The summed E-state index contributed by atoms with van der Waals surface area (Å²) in [6.07, 6.45) is 5.83. The van der Waals surface area contributed by atoms with Gasteiger partial charge in [0.25, 0.3) is 0 Å². The lowest BCUT2D eigenvalue weighted by atomic mass is 9.84. The number of carbonyl (C=O) groups is 2. The number of fused-ring (bicyclic) bond motifs is 1. The Labute approximate surface area is 286 Å². The molecule has 3 aromatic rings. The van der Waals surface area contributed by atoms with Crippen molar-refractivity contribution in [3.05, 3.63) is 106 Å². The Morgan fingerprint density at radius 3 is 2.30 bits per heavy atom. The van der Waals surface area contributed by atoms with E-state index in [4.69, 9.17) is 4.74 Å². The number of rotatable bonds is 11. The number of aryl methyl sites for hydroxylation is 1. The van der Waals surface area contributed by atoms with Gasteiger partial charge in [-0.05, 0) is 124 Å². The summed E-state index contributed by atoms with van der Waals surface area (Å²) in [5, 5.41) is 0. The Morgan fingerprint density at radius 1 is 0.870 bits per heavy atom. The van der Waals surface area contributed by atoms with Crippen molar-refractivity contribution >= 4 is 36.6 Å². The van der Waals surface area contributed by atoms with Crippen molar-refractivity contribution < 1.29 is 18.7 Å². The maximum Gasteiger partial charge on any atom is 0.315 e. The van der Waals surface area contributed by atoms with Gasteiger partial charge in [-0.1, -0.05) is 48.5 Å². The zero-order chi connectivity index (χ0) is 31.1. The number of likely N-dealkylation sites (tertiary alicyclic amines) is 1. The van der Waals surface area contributed by atoms with E-state index in [1.54, 1.807) is 0 Å². The van der Waals surface area contributed by atoms with Gasteiger partial charge in [-0.2, -0.15) is 0 Å². The summed E-state index contributed by atoms with van der Waals surface area (Å²) in [7, 11) is 0. The average molecular weight is 672 g/mol. The van der Waals surface area contributed by atoms with Crippen LogP contribution in [0.4, 0.5) is 4.39 Å². The highest BCUT2D eigenvalue weighted by Crippen LogP contribution is 2.29. The number of ether oxygens (including phenoxy) is 1. The van der Waals surface area contributed by atoms with Crippen molar-refractivity contribution in [3.63, 3.8) is 0 Å². The van der Waals surface area contributed by atoms with Crippen molar-refractivity contribution in [1.82, 2.24) is 9.80 Å². The molecule has 0 spiro atoms. The van der Waals surface area contributed by atoms with Crippen LogP contribution in [0.3, 0.4) is 0 Å². The van der Waals surface area contributed by atoms with Crippen LogP contribution in [0, 0.1) is 11.7 Å². The maximum absolute atomic E-state index is 13.4. The molecule has 250 valence electrons. The second-order valence-electron chi connectivity index (χ2n) is 13.2. The van der Waals surface area contributed by atoms with Gasteiger partial charge in [0.05, 0.1) is 12.0 Å². The predicted molar refractivity (Wildman–Crippen MR) is 187 cm³/mol. The lowest BCUT2D eigenvalue weighted by Crippen LogP contribution is -2.34. The van der Waals surface area contributed by atoms with Gasteiger partial charge in [-0.15, -0.1) is 24.8 Å². The fraction of sp³-hybridized carbons (Fsp3) is 0.474. The van der Waals surface area contributed by atoms with Crippen molar-refractivity contribution in [2.24, 2.45) is 5.92 Å². The lowest BCUT2D eigenvalue weighted by Gasteiger charge is -2.32. The van der Waals surface area contributed by atoms with E-state index in [2.05, 4.69) is 34.1 Å². The fourth-order valence-electron chi connectivity index (χ4n) is 6.65. The highest BCUT2D eigenvalue weighted by molar-refractivity contribution is 5.96. The quantitative estimate of drug-likeness (QED) is 0.152. The molecule has 0 saturated carbocycles. The van der Waals surface area contributed by atoms with Crippen LogP contribution in [0.15, 0.2) is 66.7 Å². The molecule has 0 aliphatic carbocycles. The lowest BCUT2D eigenvalue weighted by molar-refractivity contribution is -0.148. The van der Waals surface area contributed by atoms with Crippen LogP contribution in [0.2, 0.25) is 0 Å². The minimum absolute atomic E-state index is 0. The first-order chi connectivity index (χ1) is 21.2. The Kier molecular flexibility index (Phi) is 14.3. The molecule has 1 fully saturated rings. The van der Waals surface area contributed by atoms with Gasteiger partial charge in [0.15, 0.2) is 5.78 Å². The first kappa shape index (κ1) is 37.7. The van der Waals surface area contributed by atoms with Gasteiger partial charge >= 0.3 is 5.97 Å². The number of nitrogens with zero attached hydrogens (tertiary/aromatic N) is 2. The van der Waals surface area contributed by atoms with Crippen LogP contribution in [0.5, 0.6) is 0 Å².